The van der Waals surface area contributed by atoms with Gasteiger partial charge in [-0.2, -0.15) is 4.98 Å². The Kier molecular flexibility index (Phi) is 5.18. The Morgan fingerprint density at radius 3 is 2.90 bits per heavy atom. The highest BCUT2D eigenvalue weighted by Crippen LogP contribution is 2.33. The van der Waals surface area contributed by atoms with Crippen molar-refractivity contribution in [2.75, 3.05) is 26.8 Å². The van der Waals surface area contributed by atoms with Gasteiger partial charge >= 0.3 is 0 Å². The summed E-state index contributed by atoms with van der Waals surface area (Å²) in [4.78, 5) is 15.4. The lowest BCUT2D eigenvalue weighted by Gasteiger charge is -2.33. The van der Waals surface area contributed by atoms with E-state index in [9.17, 15) is 0 Å². The molecule has 30 heavy (non-hydrogen) atoms. The molecule has 1 aliphatic heterocycles. The summed E-state index contributed by atoms with van der Waals surface area (Å²) in [5.74, 6) is 1.97. The molecule has 2 aliphatic rings. The van der Waals surface area contributed by atoms with Gasteiger partial charge in [-0.3, -0.25) is 4.90 Å². The molecule has 1 fully saturated rings. The van der Waals surface area contributed by atoms with Crippen LogP contribution in [0.3, 0.4) is 0 Å². The average Bonchev–Trinajstić information content (AvgIpc) is 3.41. The summed E-state index contributed by atoms with van der Waals surface area (Å²) >= 11 is 0. The minimum atomic E-state index is -0.184. The van der Waals surface area contributed by atoms with Gasteiger partial charge in [0.25, 0.3) is 0 Å². The summed E-state index contributed by atoms with van der Waals surface area (Å²) in [6, 6.07) is 4.54. The SMILES string of the molecule is COc1cc2c(cc1CN1CCO[C@@H](c3ncncc3-c3noc(C)n3)C1)CCC2. The number of aryl methyl sites for hydroxylation is 3. The fourth-order valence-corrected chi connectivity index (χ4v) is 4.40. The number of hydrogen-bond acceptors (Lipinski definition) is 8. The minimum absolute atomic E-state index is 0.184. The third-order valence-electron chi connectivity index (χ3n) is 5.86. The number of methoxy groups -OCH3 is 1. The van der Waals surface area contributed by atoms with Crippen LogP contribution >= 0.6 is 0 Å². The molecular formula is C22H25N5O3. The molecule has 0 bridgehead atoms. The van der Waals surface area contributed by atoms with E-state index in [1.165, 1.54) is 29.4 Å². The topological polar surface area (TPSA) is 86.4 Å². The van der Waals surface area contributed by atoms with E-state index < -0.39 is 0 Å². The zero-order chi connectivity index (χ0) is 20.5. The molecule has 1 aromatic carbocycles. The van der Waals surface area contributed by atoms with E-state index in [1.807, 2.05) is 0 Å². The van der Waals surface area contributed by atoms with Crippen LogP contribution in [0.1, 0.15) is 40.8 Å². The number of hydrogen-bond donors (Lipinski definition) is 0. The molecule has 0 radical (unpaired) electrons. The highest BCUT2D eigenvalue weighted by molar-refractivity contribution is 5.56. The molecule has 5 rings (SSSR count). The van der Waals surface area contributed by atoms with Gasteiger partial charge in [-0.25, -0.2) is 9.97 Å². The van der Waals surface area contributed by atoms with Crippen molar-refractivity contribution in [3.05, 3.63) is 52.9 Å². The summed E-state index contributed by atoms with van der Waals surface area (Å²) in [6.45, 7) is 4.80. The number of aromatic nitrogens is 4. The molecule has 0 N–H and O–H groups in total. The van der Waals surface area contributed by atoms with Crippen molar-refractivity contribution in [2.24, 2.45) is 0 Å². The zero-order valence-corrected chi connectivity index (χ0v) is 17.3. The van der Waals surface area contributed by atoms with Crippen LogP contribution in [-0.4, -0.2) is 51.8 Å². The summed E-state index contributed by atoms with van der Waals surface area (Å²) in [6.07, 6.45) is 6.62. The van der Waals surface area contributed by atoms with E-state index in [2.05, 4.69) is 37.1 Å². The quantitative estimate of drug-likeness (QED) is 0.638. The maximum absolute atomic E-state index is 6.08. The van der Waals surface area contributed by atoms with Crippen LogP contribution in [0.15, 0.2) is 29.2 Å². The van der Waals surface area contributed by atoms with Crippen LogP contribution in [0.25, 0.3) is 11.4 Å². The smallest absolute Gasteiger partial charge is 0.223 e. The van der Waals surface area contributed by atoms with E-state index in [1.54, 1.807) is 20.2 Å². The summed E-state index contributed by atoms with van der Waals surface area (Å²) in [7, 11) is 1.75. The van der Waals surface area contributed by atoms with Gasteiger partial charge in [0, 0.05) is 38.3 Å². The van der Waals surface area contributed by atoms with Crippen LogP contribution in [0.2, 0.25) is 0 Å². The van der Waals surface area contributed by atoms with E-state index >= 15 is 0 Å². The van der Waals surface area contributed by atoms with Gasteiger partial charge in [0.1, 0.15) is 18.2 Å². The maximum Gasteiger partial charge on any atom is 0.223 e. The first-order valence-corrected chi connectivity index (χ1v) is 10.3. The number of rotatable bonds is 5. The van der Waals surface area contributed by atoms with Gasteiger partial charge in [0.15, 0.2) is 0 Å². The standard InChI is InChI=1S/C22H25N5O3/c1-14-25-22(26-30-14)18-10-23-13-24-21(18)20-12-27(6-7-29-20)11-17-8-15-4-3-5-16(15)9-19(17)28-2/h8-10,13,20H,3-7,11-12H2,1-2H3/t20-/m1/s1. The van der Waals surface area contributed by atoms with Crippen molar-refractivity contribution in [2.45, 2.75) is 38.8 Å². The zero-order valence-electron chi connectivity index (χ0n) is 17.3. The number of benzene rings is 1. The largest absolute Gasteiger partial charge is 0.496 e. The fourth-order valence-electron chi connectivity index (χ4n) is 4.40. The van der Waals surface area contributed by atoms with Crippen LogP contribution in [0.4, 0.5) is 0 Å². The first kappa shape index (κ1) is 19.1. The number of nitrogens with zero attached hydrogens (tertiary/aromatic N) is 5. The van der Waals surface area contributed by atoms with Crippen molar-refractivity contribution in [1.29, 1.82) is 0 Å². The Morgan fingerprint density at radius 2 is 2.10 bits per heavy atom. The lowest BCUT2D eigenvalue weighted by Crippen LogP contribution is -2.38. The molecule has 0 spiro atoms. The monoisotopic (exact) mass is 407 g/mol. The fraction of sp³-hybridized carbons (Fsp3) is 0.455. The van der Waals surface area contributed by atoms with Gasteiger partial charge in [0.2, 0.25) is 11.7 Å². The first-order valence-electron chi connectivity index (χ1n) is 10.3. The predicted molar refractivity (Wildman–Crippen MR) is 109 cm³/mol. The lowest BCUT2D eigenvalue weighted by molar-refractivity contribution is -0.0349. The van der Waals surface area contributed by atoms with Crippen molar-refractivity contribution in [3.63, 3.8) is 0 Å². The normalized spacial score (nSPS) is 19.1. The van der Waals surface area contributed by atoms with Crippen molar-refractivity contribution in [3.8, 4) is 17.1 Å². The van der Waals surface area contributed by atoms with Gasteiger partial charge < -0.3 is 14.0 Å². The molecule has 8 nitrogen and oxygen atoms in total. The molecule has 1 atom stereocenters. The molecule has 2 aromatic heterocycles. The van der Waals surface area contributed by atoms with Crippen LogP contribution < -0.4 is 4.74 Å². The summed E-state index contributed by atoms with van der Waals surface area (Å²) in [5, 5.41) is 4.03. The second kappa shape index (κ2) is 8.12. The Morgan fingerprint density at radius 1 is 1.23 bits per heavy atom. The molecule has 3 heterocycles. The van der Waals surface area contributed by atoms with Crippen LogP contribution in [0, 0.1) is 6.92 Å². The predicted octanol–water partition coefficient (Wildman–Crippen LogP) is 2.91. The van der Waals surface area contributed by atoms with Crippen molar-refractivity contribution in [1.82, 2.24) is 25.0 Å². The van der Waals surface area contributed by atoms with E-state index in [0.717, 1.165) is 49.5 Å². The molecule has 0 amide bonds. The van der Waals surface area contributed by atoms with E-state index in [0.29, 0.717) is 18.3 Å². The highest BCUT2D eigenvalue weighted by atomic mass is 16.5. The van der Waals surface area contributed by atoms with Crippen LogP contribution in [0.5, 0.6) is 5.75 Å². The molecule has 1 aliphatic carbocycles. The number of ether oxygens (including phenoxy) is 2. The van der Waals surface area contributed by atoms with Crippen molar-refractivity contribution >= 4 is 0 Å². The Labute approximate surface area is 175 Å². The summed E-state index contributed by atoms with van der Waals surface area (Å²) < 4.78 is 16.9. The molecule has 8 heteroatoms. The van der Waals surface area contributed by atoms with Gasteiger partial charge in [-0.15, -0.1) is 0 Å². The second-order valence-electron chi connectivity index (χ2n) is 7.84. The Balaban J connectivity index is 1.38. The Hall–Kier alpha value is -2.84. The first-order chi connectivity index (χ1) is 14.7. The minimum Gasteiger partial charge on any atom is -0.496 e. The Bertz CT molecular complexity index is 1050. The van der Waals surface area contributed by atoms with Gasteiger partial charge in [-0.1, -0.05) is 11.2 Å². The lowest BCUT2D eigenvalue weighted by atomic mass is 10.0. The molecule has 1 saturated heterocycles. The van der Waals surface area contributed by atoms with E-state index in [-0.39, 0.29) is 6.10 Å². The average molecular weight is 407 g/mol. The highest BCUT2D eigenvalue weighted by Gasteiger charge is 2.28. The molecular weight excluding hydrogens is 382 g/mol. The number of morpholine rings is 1. The third kappa shape index (κ3) is 3.68. The molecule has 3 aromatic rings. The maximum atomic E-state index is 6.08. The van der Waals surface area contributed by atoms with E-state index in [4.69, 9.17) is 14.0 Å². The second-order valence-corrected chi connectivity index (χ2v) is 7.84. The molecule has 156 valence electrons. The van der Waals surface area contributed by atoms with Crippen molar-refractivity contribution < 1.29 is 14.0 Å². The van der Waals surface area contributed by atoms with Crippen LogP contribution in [-0.2, 0) is 24.1 Å². The molecule has 0 unspecified atom stereocenters. The molecule has 0 saturated carbocycles. The van der Waals surface area contributed by atoms with Gasteiger partial charge in [0.05, 0.1) is 25.0 Å². The third-order valence-corrected chi connectivity index (χ3v) is 5.86. The van der Waals surface area contributed by atoms with Gasteiger partial charge in [-0.05, 0) is 36.5 Å². The number of fused-ring (bicyclic) bond motifs is 1. The summed E-state index contributed by atoms with van der Waals surface area (Å²) in [5.41, 5.74) is 5.65.